The van der Waals surface area contributed by atoms with Gasteiger partial charge in [0.25, 0.3) is 5.91 Å². The lowest BCUT2D eigenvalue weighted by molar-refractivity contribution is 0.0936. The summed E-state index contributed by atoms with van der Waals surface area (Å²) < 4.78 is 1.02. The van der Waals surface area contributed by atoms with Crippen LogP contribution in [0, 0.1) is 9.49 Å². The molecule has 0 saturated heterocycles. The van der Waals surface area contributed by atoms with Gasteiger partial charge in [0.1, 0.15) is 0 Å². The Balaban J connectivity index is 2.01. The molecule has 0 heterocycles. The van der Waals surface area contributed by atoms with Crippen LogP contribution < -0.4 is 5.32 Å². The molecule has 0 aromatic heterocycles. The Morgan fingerprint density at radius 2 is 2.12 bits per heavy atom. The molecule has 16 heavy (non-hydrogen) atoms. The molecule has 1 aromatic carbocycles. The Morgan fingerprint density at radius 1 is 1.38 bits per heavy atom. The van der Waals surface area contributed by atoms with Crippen LogP contribution in [0.25, 0.3) is 0 Å². The number of carbonyl (C=O) groups is 1. The van der Waals surface area contributed by atoms with Crippen LogP contribution >= 0.6 is 22.6 Å². The van der Waals surface area contributed by atoms with Gasteiger partial charge in [0.15, 0.2) is 0 Å². The molecule has 1 saturated carbocycles. The number of carbonyl (C=O) groups excluding carboxylic acids is 1. The molecule has 1 aliphatic rings. The van der Waals surface area contributed by atoms with Crippen LogP contribution in [-0.2, 0) is 0 Å². The Kier molecular flexibility index (Phi) is 3.84. The average Bonchev–Trinajstić information content (AvgIpc) is 2.64. The maximum atomic E-state index is 12.0. The number of hydrogen-bond acceptors (Lipinski definition) is 1. The van der Waals surface area contributed by atoms with Gasteiger partial charge in [-0.2, -0.15) is 0 Å². The van der Waals surface area contributed by atoms with E-state index in [9.17, 15) is 4.79 Å². The summed E-state index contributed by atoms with van der Waals surface area (Å²) in [6.07, 6.45) is 3.47. The summed E-state index contributed by atoms with van der Waals surface area (Å²) in [4.78, 5) is 12.0. The summed E-state index contributed by atoms with van der Waals surface area (Å²) in [6.45, 7) is 2.25. The van der Waals surface area contributed by atoms with Crippen LogP contribution in [0.5, 0.6) is 0 Å². The van der Waals surface area contributed by atoms with Gasteiger partial charge in [0.2, 0.25) is 0 Å². The van der Waals surface area contributed by atoms with Crippen molar-refractivity contribution in [1.82, 2.24) is 5.32 Å². The monoisotopic (exact) mass is 329 g/mol. The van der Waals surface area contributed by atoms with Crippen molar-refractivity contribution in [3.8, 4) is 0 Å². The van der Waals surface area contributed by atoms with E-state index >= 15 is 0 Å². The zero-order chi connectivity index (χ0) is 11.5. The van der Waals surface area contributed by atoms with Crippen molar-refractivity contribution in [3.63, 3.8) is 0 Å². The third-order valence-corrected chi connectivity index (χ3v) is 4.09. The van der Waals surface area contributed by atoms with Crippen molar-refractivity contribution in [2.24, 2.45) is 5.92 Å². The van der Waals surface area contributed by atoms with E-state index < -0.39 is 0 Å². The number of rotatable bonds is 2. The zero-order valence-corrected chi connectivity index (χ0v) is 11.5. The van der Waals surface area contributed by atoms with E-state index in [-0.39, 0.29) is 5.91 Å². The van der Waals surface area contributed by atoms with Gasteiger partial charge in [0.05, 0.1) is 5.56 Å². The summed E-state index contributed by atoms with van der Waals surface area (Å²) in [5.74, 6) is 0.823. The quantitative estimate of drug-likeness (QED) is 0.830. The molecule has 86 valence electrons. The SMILES string of the molecule is CC1CCC(NC(=O)c2ccccc2I)C1. The van der Waals surface area contributed by atoms with Crippen LogP contribution in [0.4, 0.5) is 0 Å². The van der Waals surface area contributed by atoms with Crippen LogP contribution in [-0.4, -0.2) is 11.9 Å². The molecule has 0 spiro atoms. The molecule has 2 rings (SSSR count). The third kappa shape index (κ3) is 2.75. The van der Waals surface area contributed by atoms with Crippen LogP contribution in [0.3, 0.4) is 0 Å². The molecule has 2 nitrogen and oxygen atoms in total. The van der Waals surface area contributed by atoms with Gasteiger partial charge in [0, 0.05) is 9.61 Å². The summed E-state index contributed by atoms with van der Waals surface area (Å²) in [6, 6.07) is 8.09. The van der Waals surface area contributed by atoms with E-state index in [4.69, 9.17) is 0 Å². The number of amides is 1. The minimum absolute atomic E-state index is 0.0732. The lowest BCUT2D eigenvalue weighted by Gasteiger charge is -2.13. The molecule has 1 N–H and O–H groups in total. The van der Waals surface area contributed by atoms with Crippen LogP contribution in [0.1, 0.15) is 36.5 Å². The number of benzene rings is 1. The molecular weight excluding hydrogens is 313 g/mol. The van der Waals surface area contributed by atoms with Gasteiger partial charge in [-0.25, -0.2) is 0 Å². The second kappa shape index (κ2) is 5.17. The second-order valence-electron chi connectivity index (χ2n) is 4.57. The van der Waals surface area contributed by atoms with Crippen LogP contribution in [0.2, 0.25) is 0 Å². The average molecular weight is 329 g/mol. The molecule has 2 atom stereocenters. The van der Waals surface area contributed by atoms with Crippen molar-refractivity contribution in [3.05, 3.63) is 33.4 Å². The first-order chi connectivity index (χ1) is 7.66. The number of halogens is 1. The first kappa shape index (κ1) is 11.9. The van der Waals surface area contributed by atoms with E-state index in [0.29, 0.717) is 6.04 Å². The zero-order valence-electron chi connectivity index (χ0n) is 9.37. The highest BCUT2D eigenvalue weighted by molar-refractivity contribution is 14.1. The van der Waals surface area contributed by atoms with Crippen molar-refractivity contribution in [2.45, 2.75) is 32.2 Å². The van der Waals surface area contributed by atoms with Crippen molar-refractivity contribution >= 4 is 28.5 Å². The van der Waals surface area contributed by atoms with Gasteiger partial charge in [-0.3, -0.25) is 4.79 Å². The first-order valence-electron chi connectivity index (χ1n) is 5.72. The minimum Gasteiger partial charge on any atom is -0.349 e. The topological polar surface area (TPSA) is 29.1 Å². The third-order valence-electron chi connectivity index (χ3n) is 3.15. The van der Waals surface area contributed by atoms with Crippen molar-refractivity contribution in [2.75, 3.05) is 0 Å². The molecule has 0 bridgehead atoms. The highest BCUT2D eigenvalue weighted by atomic mass is 127. The fraction of sp³-hybridized carbons (Fsp3) is 0.462. The Hall–Kier alpha value is -0.580. The maximum Gasteiger partial charge on any atom is 0.252 e. The smallest absolute Gasteiger partial charge is 0.252 e. The minimum atomic E-state index is 0.0732. The lowest BCUT2D eigenvalue weighted by atomic mass is 10.1. The van der Waals surface area contributed by atoms with E-state index in [0.717, 1.165) is 27.9 Å². The molecule has 3 heteroatoms. The molecule has 1 amide bonds. The molecular formula is C13H16INO. The maximum absolute atomic E-state index is 12.0. The van der Waals surface area contributed by atoms with Gasteiger partial charge in [-0.15, -0.1) is 0 Å². The van der Waals surface area contributed by atoms with Gasteiger partial charge < -0.3 is 5.32 Å². The first-order valence-corrected chi connectivity index (χ1v) is 6.80. The molecule has 1 aliphatic carbocycles. The Labute approximate surface area is 110 Å². The van der Waals surface area contributed by atoms with E-state index in [1.165, 1.54) is 6.42 Å². The number of hydrogen-bond donors (Lipinski definition) is 1. The summed E-state index contributed by atoms with van der Waals surface area (Å²) in [5, 5.41) is 3.12. The molecule has 0 radical (unpaired) electrons. The van der Waals surface area contributed by atoms with Crippen molar-refractivity contribution in [1.29, 1.82) is 0 Å². The van der Waals surface area contributed by atoms with Gasteiger partial charge in [-0.1, -0.05) is 19.1 Å². The summed E-state index contributed by atoms with van der Waals surface area (Å²) in [7, 11) is 0. The normalized spacial score (nSPS) is 24.4. The predicted molar refractivity (Wildman–Crippen MR) is 73.4 cm³/mol. The fourth-order valence-corrected chi connectivity index (χ4v) is 2.88. The fourth-order valence-electron chi connectivity index (χ4n) is 2.25. The molecule has 0 aliphatic heterocycles. The predicted octanol–water partition coefficient (Wildman–Crippen LogP) is 3.21. The molecule has 2 unspecified atom stereocenters. The van der Waals surface area contributed by atoms with Crippen LogP contribution in [0.15, 0.2) is 24.3 Å². The van der Waals surface area contributed by atoms with Gasteiger partial charge in [-0.05, 0) is 59.9 Å². The van der Waals surface area contributed by atoms with Crippen molar-refractivity contribution < 1.29 is 4.79 Å². The lowest BCUT2D eigenvalue weighted by Crippen LogP contribution is -2.33. The second-order valence-corrected chi connectivity index (χ2v) is 5.73. The summed E-state index contributed by atoms with van der Waals surface area (Å²) >= 11 is 2.21. The molecule has 1 aromatic rings. The standard InChI is InChI=1S/C13H16INO/c1-9-6-7-10(8-9)15-13(16)11-4-2-3-5-12(11)14/h2-5,9-10H,6-8H2,1H3,(H,15,16). The summed E-state index contributed by atoms with van der Waals surface area (Å²) in [5.41, 5.74) is 0.794. The van der Waals surface area contributed by atoms with E-state index in [1.807, 2.05) is 24.3 Å². The Morgan fingerprint density at radius 3 is 2.75 bits per heavy atom. The molecule has 1 fully saturated rings. The van der Waals surface area contributed by atoms with Gasteiger partial charge >= 0.3 is 0 Å². The van der Waals surface area contributed by atoms with E-state index in [2.05, 4.69) is 34.8 Å². The van der Waals surface area contributed by atoms with E-state index in [1.54, 1.807) is 0 Å². The highest BCUT2D eigenvalue weighted by Crippen LogP contribution is 2.25. The largest absolute Gasteiger partial charge is 0.349 e. The highest BCUT2D eigenvalue weighted by Gasteiger charge is 2.23. The number of nitrogens with one attached hydrogen (secondary N) is 1. The Bertz CT molecular complexity index is 391.